The first-order valence-electron chi connectivity index (χ1n) is 16.0. The quantitative estimate of drug-likeness (QED) is 0.141. The Labute approximate surface area is 267 Å². The van der Waals surface area contributed by atoms with Crippen LogP contribution in [0, 0.1) is 10.8 Å². The Morgan fingerprint density at radius 3 is 1.73 bits per heavy atom. The minimum Gasteiger partial charge on any atom is -0.393 e. The lowest BCUT2D eigenvalue weighted by Gasteiger charge is -2.43. The summed E-state index contributed by atoms with van der Waals surface area (Å²) in [5, 5.41) is 31.2. The highest BCUT2D eigenvalue weighted by Gasteiger charge is 2.74. The first-order valence-corrected chi connectivity index (χ1v) is 16.0. The van der Waals surface area contributed by atoms with Crippen LogP contribution in [0.4, 0.5) is 0 Å². The summed E-state index contributed by atoms with van der Waals surface area (Å²) in [6.45, 7) is 20.6. The average molecular weight is 601 g/mol. The molecule has 0 aromatic heterocycles. The van der Waals surface area contributed by atoms with E-state index in [9.17, 15) is 15.3 Å². The molecule has 0 aromatic rings. The molecule has 3 N–H and O–H groups in total. The molecule has 0 amide bonds. The number of ether oxygens (including phenoxy) is 1. The number of hydrogen-bond donors (Lipinski definition) is 3. The van der Waals surface area contributed by atoms with Crippen molar-refractivity contribution in [3.63, 3.8) is 0 Å². The van der Waals surface area contributed by atoms with Crippen LogP contribution in [-0.2, 0) is 4.74 Å². The smallest absolute Gasteiger partial charge is 0.121 e. The van der Waals surface area contributed by atoms with Crippen LogP contribution in [0.1, 0.15) is 94.9 Å². The molecule has 1 aliphatic heterocycles. The van der Waals surface area contributed by atoms with Gasteiger partial charge in [0.1, 0.15) is 11.2 Å². The Kier molecular flexibility index (Phi) is 11.2. The van der Waals surface area contributed by atoms with E-state index in [1.807, 2.05) is 37.3 Å². The number of aliphatic hydroxyl groups excluding tert-OH is 2. The molecule has 3 rings (SSSR count). The maximum absolute atomic E-state index is 10.9. The van der Waals surface area contributed by atoms with Crippen molar-refractivity contribution in [1.82, 2.24) is 0 Å². The summed E-state index contributed by atoms with van der Waals surface area (Å²) < 4.78 is 6.24. The lowest BCUT2D eigenvalue weighted by molar-refractivity contribution is -0.0268. The van der Waals surface area contributed by atoms with E-state index in [0.717, 1.165) is 34.3 Å². The number of fused-ring (bicyclic) bond motifs is 1. The van der Waals surface area contributed by atoms with E-state index in [-0.39, 0.29) is 28.1 Å². The second kappa shape index (κ2) is 13.7. The molecule has 2 aliphatic carbocycles. The van der Waals surface area contributed by atoms with Gasteiger partial charge in [0.05, 0.1) is 17.8 Å². The van der Waals surface area contributed by atoms with Crippen LogP contribution in [-0.4, -0.2) is 44.3 Å². The van der Waals surface area contributed by atoms with Crippen molar-refractivity contribution in [1.29, 1.82) is 0 Å². The lowest BCUT2D eigenvalue weighted by Crippen LogP contribution is -2.46. The molecule has 4 heteroatoms. The van der Waals surface area contributed by atoms with Crippen LogP contribution in [0.5, 0.6) is 0 Å². The topological polar surface area (TPSA) is 73.2 Å². The van der Waals surface area contributed by atoms with Crippen LogP contribution >= 0.6 is 0 Å². The molecule has 5 atom stereocenters. The summed E-state index contributed by atoms with van der Waals surface area (Å²) in [7, 11) is 0. The maximum Gasteiger partial charge on any atom is 0.121 e. The molecule has 1 heterocycles. The molecule has 240 valence electrons. The summed E-state index contributed by atoms with van der Waals surface area (Å²) >= 11 is 0. The van der Waals surface area contributed by atoms with E-state index in [1.165, 1.54) is 0 Å². The minimum atomic E-state index is -1.05. The van der Waals surface area contributed by atoms with Crippen LogP contribution in [0.2, 0.25) is 0 Å². The van der Waals surface area contributed by atoms with Gasteiger partial charge in [-0.3, -0.25) is 0 Å². The Morgan fingerprint density at radius 1 is 0.682 bits per heavy atom. The molecular formula is C40H56O4. The van der Waals surface area contributed by atoms with Gasteiger partial charge in [0.15, 0.2) is 0 Å². The number of allylic oxidation sites excluding steroid dienone is 15. The molecule has 4 nitrogen and oxygen atoms in total. The number of hydrogen-bond acceptors (Lipinski definition) is 4. The first kappa shape index (κ1) is 35.8. The highest BCUT2D eigenvalue weighted by atomic mass is 16.6. The van der Waals surface area contributed by atoms with Gasteiger partial charge in [0.2, 0.25) is 0 Å². The summed E-state index contributed by atoms with van der Waals surface area (Å²) in [5.41, 5.74) is 6.63. The van der Waals surface area contributed by atoms with Gasteiger partial charge < -0.3 is 20.1 Å². The first-order chi connectivity index (χ1) is 20.3. The third kappa shape index (κ3) is 8.71. The van der Waals surface area contributed by atoms with Gasteiger partial charge in [-0.2, -0.15) is 0 Å². The van der Waals surface area contributed by atoms with Gasteiger partial charge in [-0.1, -0.05) is 111 Å². The molecule has 0 spiro atoms. The molecular weight excluding hydrogens is 544 g/mol. The van der Waals surface area contributed by atoms with E-state index < -0.39 is 11.7 Å². The van der Waals surface area contributed by atoms with Crippen molar-refractivity contribution in [3.8, 4) is 0 Å². The van der Waals surface area contributed by atoms with Crippen molar-refractivity contribution in [2.24, 2.45) is 10.8 Å². The van der Waals surface area contributed by atoms with Gasteiger partial charge in [0.25, 0.3) is 0 Å². The fraction of sp³-hybridized carbons (Fsp3) is 0.525. The molecule has 3 aliphatic rings. The molecule has 1 saturated heterocycles. The third-order valence-electron chi connectivity index (χ3n) is 9.39. The summed E-state index contributed by atoms with van der Waals surface area (Å²) in [6, 6.07) is 0. The SMILES string of the molecule is C\C(C=C=C1C(C)(C)C[C@@H](O)C[C@@]1(C)O)=C/C=C/C(C)=C/C=C/C=C(C)/C=C/C=C(C)/C=C/[C@@]12O[C@]1(C)C[C@H](O)CC2(C)C. The van der Waals surface area contributed by atoms with Crippen molar-refractivity contribution in [2.45, 2.75) is 124 Å². The number of aliphatic hydroxyl groups is 3. The fourth-order valence-electron chi connectivity index (χ4n) is 7.25. The van der Waals surface area contributed by atoms with Gasteiger partial charge in [-0.15, -0.1) is 5.73 Å². The van der Waals surface area contributed by atoms with Crippen molar-refractivity contribution >= 4 is 0 Å². The summed E-state index contributed by atoms with van der Waals surface area (Å²) in [5.74, 6) is 0. The zero-order valence-corrected chi connectivity index (χ0v) is 28.7. The molecule has 44 heavy (non-hydrogen) atoms. The van der Waals surface area contributed by atoms with E-state index >= 15 is 0 Å². The minimum absolute atomic E-state index is 0.103. The number of epoxide rings is 1. The second-order valence-corrected chi connectivity index (χ2v) is 15.0. The largest absolute Gasteiger partial charge is 0.393 e. The highest BCUT2D eigenvalue weighted by molar-refractivity contribution is 5.37. The van der Waals surface area contributed by atoms with Gasteiger partial charge in [-0.05, 0) is 77.5 Å². The zero-order chi connectivity index (χ0) is 33.0. The van der Waals surface area contributed by atoms with Gasteiger partial charge >= 0.3 is 0 Å². The van der Waals surface area contributed by atoms with Crippen LogP contribution in [0.3, 0.4) is 0 Å². The predicted molar refractivity (Wildman–Crippen MR) is 184 cm³/mol. The zero-order valence-electron chi connectivity index (χ0n) is 28.7. The van der Waals surface area contributed by atoms with Crippen LogP contribution in [0.15, 0.2) is 113 Å². The Bertz CT molecular complexity index is 1360. The van der Waals surface area contributed by atoms with Crippen LogP contribution < -0.4 is 0 Å². The Hall–Kier alpha value is -2.72. The summed E-state index contributed by atoms with van der Waals surface area (Å²) in [6.07, 6.45) is 28.5. The molecule has 0 aromatic carbocycles. The normalized spacial score (nSPS) is 34.7. The monoisotopic (exact) mass is 600 g/mol. The molecule has 0 radical (unpaired) electrons. The van der Waals surface area contributed by atoms with Gasteiger partial charge in [-0.25, -0.2) is 0 Å². The van der Waals surface area contributed by atoms with E-state index in [1.54, 1.807) is 6.92 Å². The van der Waals surface area contributed by atoms with Gasteiger partial charge in [0, 0.05) is 23.8 Å². The van der Waals surface area contributed by atoms with E-state index in [2.05, 4.69) is 110 Å². The van der Waals surface area contributed by atoms with Crippen molar-refractivity contribution in [2.75, 3.05) is 0 Å². The fourth-order valence-corrected chi connectivity index (χ4v) is 7.25. The van der Waals surface area contributed by atoms with Crippen molar-refractivity contribution < 1.29 is 20.1 Å². The lowest BCUT2D eigenvalue weighted by atomic mass is 9.63. The maximum atomic E-state index is 10.9. The average Bonchev–Trinajstić information content (AvgIpc) is 3.49. The van der Waals surface area contributed by atoms with E-state index in [0.29, 0.717) is 19.3 Å². The molecule has 2 saturated carbocycles. The Balaban J connectivity index is 1.53. The predicted octanol–water partition coefficient (Wildman–Crippen LogP) is 8.72. The summed E-state index contributed by atoms with van der Waals surface area (Å²) in [4.78, 5) is 0. The molecule has 0 bridgehead atoms. The Morgan fingerprint density at radius 2 is 1.18 bits per heavy atom. The van der Waals surface area contributed by atoms with Crippen LogP contribution in [0.25, 0.3) is 0 Å². The van der Waals surface area contributed by atoms with E-state index in [4.69, 9.17) is 4.74 Å². The third-order valence-corrected chi connectivity index (χ3v) is 9.39. The second-order valence-electron chi connectivity index (χ2n) is 15.0. The molecule has 0 unspecified atom stereocenters. The highest BCUT2D eigenvalue weighted by Crippen LogP contribution is 2.66. The van der Waals surface area contributed by atoms with Crippen molar-refractivity contribution in [3.05, 3.63) is 113 Å². The number of rotatable bonds is 9. The molecule has 3 fully saturated rings. The standard InChI is InChI=1S/C40H56O4/c1-29(17-13-19-31(3)21-22-35-36(5,6)25-33(41)27-38(35,9)43)15-11-12-16-30(2)18-14-20-32(4)23-24-40-37(7,8)26-34(42)28-39(40,10)44-40/h11-21,23-24,33-34,41-43H,25-28H2,1-10H3/b12-11+,17-13+,18-14+,24-23+,29-15+,30-16+,31-19+,32-20+/t22?,33-,34-,38-,39-,40+/m1/s1.